The van der Waals surface area contributed by atoms with Crippen molar-refractivity contribution in [1.29, 1.82) is 0 Å². The van der Waals surface area contributed by atoms with E-state index in [0.29, 0.717) is 0 Å². The van der Waals surface area contributed by atoms with E-state index in [1.165, 1.54) is 38.8 Å². The molecule has 2 heteroatoms. The molecule has 0 saturated carbocycles. The van der Waals surface area contributed by atoms with Crippen molar-refractivity contribution in [3.05, 3.63) is 0 Å². The van der Waals surface area contributed by atoms with E-state index in [9.17, 15) is 0 Å². The molecule has 0 amide bonds. The van der Waals surface area contributed by atoms with Gasteiger partial charge in [-0.1, -0.05) is 27.7 Å². The molecule has 0 bridgehead atoms. The average molecular weight is 240 g/mol. The van der Waals surface area contributed by atoms with E-state index in [2.05, 4.69) is 45.0 Å². The summed E-state index contributed by atoms with van der Waals surface area (Å²) < 4.78 is 0. The lowest BCUT2D eigenvalue weighted by Crippen LogP contribution is -2.46. The van der Waals surface area contributed by atoms with Crippen molar-refractivity contribution in [3.63, 3.8) is 0 Å². The Balaban J connectivity index is 2.36. The maximum atomic E-state index is 3.91. The Bertz CT molecular complexity index is 183. The van der Waals surface area contributed by atoms with Gasteiger partial charge in [0.05, 0.1) is 0 Å². The summed E-state index contributed by atoms with van der Waals surface area (Å²) in [6.07, 6.45) is 5.29. The first-order valence-electron chi connectivity index (χ1n) is 7.42. The molecule has 1 fully saturated rings. The summed E-state index contributed by atoms with van der Waals surface area (Å²) in [6.45, 7) is 11.9. The monoisotopic (exact) mass is 240 g/mol. The SMILES string of the molecule is CC(C)CC(CC(C)C)NC1CCN(C)CC1. The lowest BCUT2D eigenvalue weighted by molar-refractivity contribution is 0.211. The molecule has 0 aromatic rings. The Hall–Kier alpha value is -0.0800. The van der Waals surface area contributed by atoms with E-state index in [0.717, 1.165) is 23.9 Å². The van der Waals surface area contributed by atoms with Gasteiger partial charge in [-0.2, -0.15) is 0 Å². The van der Waals surface area contributed by atoms with Gasteiger partial charge in [0.1, 0.15) is 0 Å². The van der Waals surface area contributed by atoms with Crippen LogP contribution in [-0.2, 0) is 0 Å². The van der Waals surface area contributed by atoms with Crippen LogP contribution in [0.3, 0.4) is 0 Å². The van der Waals surface area contributed by atoms with Crippen molar-refractivity contribution in [2.45, 2.75) is 65.5 Å². The molecule has 1 rings (SSSR count). The molecule has 102 valence electrons. The summed E-state index contributed by atoms with van der Waals surface area (Å²) >= 11 is 0. The molecule has 1 aliphatic rings. The number of piperidine rings is 1. The molecule has 0 atom stereocenters. The minimum absolute atomic E-state index is 0.725. The summed E-state index contributed by atoms with van der Waals surface area (Å²) in [6, 6.07) is 1.48. The van der Waals surface area contributed by atoms with Crippen molar-refractivity contribution in [2.24, 2.45) is 11.8 Å². The normalized spacial score (nSPS) is 19.8. The Labute approximate surface area is 108 Å². The first-order valence-corrected chi connectivity index (χ1v) is 7.42. The molecule has 17 heavy (non-hydrogen) atoms. The van der Waals surface area contributed by atoms with Crippen molar-refractivity contribution in [3.8, 4) is 0 Å². The van der Waals surface area contributed by atoms with Crippen LogP contribution in [0.5, 0.6) is 0 Å². The molecule has 0 spiro atoms. The van der Waals surface area contributed by atoms with E-state index in [4.69, 9.17) is 0 Å². The number of hydrogen-bond donors (Lipinski definition) is 1. The third-order valence-corrected chi connectivity index (χ3v) is 3.70. The van der Waals surface area contributed by atoms with Crippen molar-refractivity contribution in [1.82, 2.24) is 10.2 Å². The van der Waals surface area contributed by atoms with Gasteiger partial charge in [-0.15, -0.1) is 0 Å². The quantitative estimate of drug-likeness (QED) is 0.767. The summed E-state index contributed by atoms with van der Waals surface area (Å²) in [4.78, 5) is 2.44. The molecule has 2 nitrogen and oxygen atoms in total. The number of nitrogens with zero attached hydrogens (tertiary/aromatic N) is 1. The minimum atomic E-state index is 0.725. The van der Waals surface area contributed by atoms with Crippen molar-refractivity contribution >= 4 is 0 Å². The molecular weight excluding hydrogens is 208 g/mol. The topological polar surface area (TPSA) is 15.3 Å². The van der Waals surface area contributed by atoms with Crippen LogP contribution in [-0.4, -0.2) is 37.1 Å². The summed E-state index contributed by atoms with van der Waals surface area (Å²) in [7, 11) is 2.23. The Morgan fingerprint density at radius 1 is 1.00 bits per heavy atom. The highest BCUT2D eigenvalue weighted by Crippen LogP contribution is 2.17. The molecule has 0 aliphatic carbocycles. The Morgan fingerprint density at radius 2 is 1.47 bits per heavy atom. The maximum absolute atomic E-state index is 3.91. The summed E-state index contributed by atoms with van der Waals surface area (Å²) in [5.74, 6) is 1.61. The smallest absolute Gasteiger partial charge is 0.00940 e. The molecule has 1 aliphatic heterocycles. The highest BCUT2D eigenvalue weighted by atomic mass is 15.1. The standard InChI is InChI=1S/C15H32N2/c1-12(2)10-15(11-13(3)4)16-14-6-8-17(5)9-7-14/h12-16H,6-11H2,1-5H3. The predicted molar refractivity (Wildman–Crippen MR) is 76.4 cm³/mol. The van der Waals surface area contributed by atoms with Crippen LogP contribution in [0.4, 0.5) is 0 Å². The fourth-order valence-electron chi connectivity index (χ4n) is 2.88. The van der Waals surface area contributed by atoms with Crippen LogP contribution in [0.1, 0.15) is 53.4 Å². The Kier molecular flexibility index (Phi) is 6.50. The fraction of sp³-hybridized carbons (Fsp3) is 1.00. The van der Waals surface area contributed by atoms with E-state index in [-0.39, 0.29) is 0 Å². The molecule has 0 aromatic heterocycles. The van der Waals surface area contributed by atoms with Gasteiger partial charge < -0.3 is 10.2 Å². The predicted octanol–water partition coefficient (Wildman–Crippen LogP) is 3.13. The maximum Gasteiger partial charge on any atom is 0.00940 e. The van der Waals surface area contributed by atoms with E-state index >= 15 is 0 Å². The van der Waals surface area contributed by atoms with Crippen LogP contribution in [0.25, 0.3) is 0 Å². The number of nitrogens with one attached hydrogen (secondary N) is 1. The first kappa shape index (κ1) is 15.0. The minimum Gasteiger partial charge on any atom is -0.311 e. The lowest BCUT2D eigenvalue weighted by Gasteiger charge is -2.33. The second-order valence-corrected chi connectivity index (χ2v) is 6.70. The van der Waals surface area contributed by atoms with E-state index in [1.807, 2.05) is 0 Å². The number of rotatable bonds is 6. The highest BCUT2D eigenvalue weighted by molar-refractivity contribution is 4.80. The second-order valence-electron chi connectivity index (χ2n) is 6.70. The zero-order chi connectivity index (χ0) is 12.8. The zero-order valence-corrected chi connectivity index (χ0v) is 12.5. The molecule has 1 saturated heterocycles. The van der Waals surface area contributed by atoms with Crippen LogP contribution in [0.15, 0.2) is 0 Å². The van der Waals surface area contributed by atoms with Gasteiger partial charge in [0.2, 0.25) is 0 Å². The van der Waals surface area contributed by atoms with Crippen LogP contribution in [0.2, 0.25) is 0 Å². The van der Waals surface area contributed by atoms with Crippen LogP contribution in [0, 0.1) is 11.8 Å². The summed E-state index contributed by atoms with van der Waals surface area (Å²) in [5.41, 5.74) is 0. The zero-order valence-electron chi connectivity index (χ0n) is 12.5. The van der Waals surface area contributed by atoms with Gasteiger partial charge in [0.25, 0.3) is 0 Å². The molecule has 1 heterocycles. The van der Waals surface area contributed by atoms with Gasteiger partial charge in [0.15, 0.2) is 0 Å². The van der Waals surface area contributed by atoms with Gasteiger partial charge in [-0.25, -0.2) is 0 Å². The number of hydrogen-bond acceptors (Lipinski definition) is 2. The second kappa shape index (κ2) is 7.38. The molecular formula is C15H32N2. The van der Waals surface area contributed by atoms with Crippen molar-refractivity contribution in [2.75, 3.05) is 20.1 Å². The van der Waals surface area contributed by atoms with E-state index in [1.54, 1.807) is 0 Å². The largest absolute Gasteiger partial charge is 0.311 e. The fourth-order valence-corrected chi connectivity index (χ4v) is 2.88. The van der Waals surface area contributed by atoms with Crippen LogP contribution < -0.4 is 5.32 Å². The molecule has 0 unspecified atom stereocenters. The Morgan fingerprint density at radius 3 is 1.88 bits per heavy atom. The van der Waals surface area contributed by atoms with Crippen molar-refractivity contribution < 1.29 is 0 Å². The molecule has 1 N–H and O–H groups in total. The van der Waals surface area contributed by atoms with Crippen LogP contribution >= 0.6 is 0 Å². The van der Waals surface area contributed by atoms with Gasteiger partial charge in [-0.3, -0.25) is 0 Å². The summed E-state index contributed by atoms with van der Waals surface area (Å²) in [5, 5.41) is 3.91. The third-order valence-electron chi connectivity index (χ3n) is 3.70. The number of likely N-dealkylation sites (tertiary alicyclic amines) is 1. The third kappa shape index (κ3) is 6.42. The molecule has 0 aromatic carbocycles. The average Bonchev–Trinajstić information content (AvgIpc) is 2.19. The van der Waals surface area contributed by atoms with Gasteiger partial charge in [0, 0.05) is 12.1 Å². The first-order chi connectivity index (χ1) is 7.97. The van der Waals surface area contributed by atoms with Gasteiger partial charge >= 0.3 is 0 Å². The van der Waals surface area contributed by atoms with E-state index < -0.39 is 0 Å². The highest BCUT2D eigenvalue weighted by Gasteiger charge is 2.21. The lowest BCUT2D eigenvalue weighted by atomic mass is 9.93. The van der Waals surface area contributed by atoms with Gasteiger partial charge in [-0.05, 0) is 57.7 Å². The molecule has 0 radical (unpaired) electrons.